The normalized spacial score (nSPS) is 10.2. The molecule has 0 unspecified atom stereocenters. The standard InChI is InChI=1S/C12H11FN4/c1-2-10-8(7-14)12(15)17(16-10)11-6-4-3-5-9(11)13/h3-6H,2,15H2,1H3. The van der Waals surface area contributed by atoms with Crippen LogP contribution < -0.4 is 5.73 Å². The van der Waals surface area contributed by atoms with E-state index in [-0.39, 0.29) is 11.5 Å². The van der Waals surface area contributed by atoms with Gasteiger partial charge in [0.05, 0.1) is 5.69 Å². The summed E-state index contributed by atoms with van der Waals surface area (Å²) < 4.78 is 14.9. The highest BCUT2D eigenvalue weighted by Gasteiger charge is 2.16. The fraction of sp³-hybridized carbons (Fsp3) is 0.167. The third-order valence-corrected chi connectivity index (χ3v) is 2.52. The third-order valence-electron chi connectivity index (χ3n) is 2.52. The van der Waals surface area contributed by atoms with Gasteiger partial charge in [0.1, 0.15) is 29.0 Å². The fourth-order valence-electron chi connectivity index (χ4n) is 1.65. The number of para-hydroxylation sites is 1. The molecule has 0 bridgehead atoms. The van der Waals surface area contributed by atoms with Gasteiger partial charge in [-0.2, -0.15) is 10.4 Å². The fourth-order valence-corrected chi connectivity index (χ4v) is 1.65. The second kappa shape index (κ2) is 4.26. The first-order valence-electron chi connectivity index (χ1n) is 5.21. The number of aromatic nitrogens is 2. The van der Waals surface area contributed by atoms with Gasteiger partial charge in [-0.05, 0) is 18.6 Å². The highest BCUT2D eigenvalue weighted by Crippen LogP contribution is 2.22. The first-order chi connectivity index (χ1) is 8.19. The van der Waals surface area contributed by atoms with E-state index in [1.165, 1.54) is 10.7 Å². The summed E-state index contributed by atoms with van der Waals surface area (Å²) >= 11 is 0. The van der Waals surface area contributed by atoms with Crippen molar-refractivity contribution >= 4 is 5.82 Å². The Labute approximate surface area is 98.1 Å². The minimum absolute atomic E-state index is 0.175. The lowest BCUT2D eigenvalue weighted by Crippen LogP contribution is -2.04. The van der Waals surface area contributed by atoms with Gasteiger partial charge in [0.2, 0.25) is 0 Å². The molecule has 1 aromatic heterocycles. The van der Waals surface area contributed by atoms with E-state index < -0.39 is 5.82 Å². The van der Waals surface area contributed by atoms with E-state index in [4.69, 9.17) is 11.0 Å². The predicted octanol–water partition coefficient (Wildman–Crippen LogP) is 2.03. The first-order valence-corrected chi connectivity index (χ1v) is 5.21. The predicted molar refractivity (Wildman–Crippen MR) is 62.0 cm³/mol. The van der Waals surface area contributed by atoms with E-state index in [1.807, 2.05) is 13.0 Å². The summed E-state index contributed by atoms with van der Waals surface area (Å²) in [5.74, 6) is -0.247. The molecule has 4 nitrogen and oxygen atoms in total. The number of nitrogens with two attached hydrogens (primary N) is 1. The van der Waals surface area contributed by atoms with Crippen LogP contribution in [0.2, 0.25) is 0 Å². The van der Waals surface area contributed by atoms with Gasteiger partial charge in [0.15, 0.2) is 0 Å². The lowest BCUT2D eigenvalue weighted by atomic mass is 10.2. The number of rotatable bonds is 2. The van der Waals surface area contributed by atoms with Crippen LogP contribution in [0, 0.1) is 17.1 Å². The van der Waals surface area contributed by atoms with Gasteiger partial charge < -0.3 is 5.73 Å². The quantitative estimate of drug-likeness (QED) is 0.858. The van der Waals surface area contributed by atoms with Crippen LogP contribution in [0.3, 0.4) is 0 Å². The Hall–Kier alpha value is -2.35. The van der Waals surface area contributed by atoms with Crippen LogP contribution in [-0.4, -0.2) is 9.78 Å². The summed E-state index contributed by atoms with van der Waals surface area (Å²) in [6.45, 7) is 1.87. The van der Waals surface area contributed by atoms with E-state index in [0.29, 0.717) is 17.7 Å². The van der Waals surface area contributed by atoms with Crippen LogP contribution in [0.4, 0.5) is 10.2 Å². The Morgan fingerprint density at radius 3 is 2.71 bits per heavy atom. The van der Waals surface area contributed by atoms with E-state index in [9.17, 15) is 4.39 Å². The molecule has 1 heterocycles. The van der Waals surface area contributed by atoms with E-state index in [0.717, 1.165) is 0 Å². The SMILES string of the molecule is CCc1nn(-c2ccccc2F)c(N)c1C#N. The first kappa shape index (κ1) is 11.1. The number of aryl methyl sites for hydroxylation is 1. The van der Waals surface area contributed by atoms with Gasteiger partial charge >= 0.3 is 0 Å². The molecule has 0 aliphatic rings. The topological polar surface area (TPSA) is 67.6 Å². The summed E-state index contributed by atoms with van der Waals surface area (Å²) in [6, 6.07) is 8.17. The molecule has 0 radical (unpaired) electrons. The van der Waals surface area contributed by atoms with E-state index >= 15 is 0 Å². The van der Waals surface area contributed by atoms with Crippen molar-refractivity contribution in [2.45, 2.75) is 13.3 Å². The van der Waals surface area contributed by atoms with Crippen LogP contribution in [-0.2, 0) is 6.42 Å². The van der Waals surface area contributed by atoms with Crippen molar-refractivity contribution < 1.29 is 4.39 Å². The highest BCUT2D eigenvalue weighted by molar-refractivity contribution is 5.56. The third kappa shape index (κ3) is 1.74. The monoisotopic (exact) mass is 230 g/mol. The molecule has 0 amide bonds. The van der Waals surface area contributed by atoms with E-state index in [1.54, 1.807) is 18.2 Å². The second-order valence-corrected chi connectivity index (χ2v) is 3.54. The molecule has 0 fully saturated rings. The molecule has 0 aliphatic carbocycles. The zero-order valence-electron chi connectivity index (χ0n) is 9.31. The number of hydrogen-bond donors (Lipinski definition) is 1. The Balaban J connectivity index is 2.66. The Morgan fingerprint density at radius 1 is 1.47 bits per heavy atom. The molecule has 2 rings (SSSR count). The molecule has 2 aromatic rings. The van der Waals surface area contributed by atoms with Gasteiger partial charge in [-0.25, -0.2) is 9.07 Å². The smallest absolute Gasteiger partial charge is 0.148 e. The summed E-state index contributed by atoms with van der Waals surface area (Å²) in [7, 11) is 0. The van der Waals surface area contributed by atoms with Gasteiger partial charge in [0.25, 0.3) is 0 Å². The molecule has 1 aromatic carbocycles. The maximum absolute atomic E-state index is 13.6. The molecule has 0 spiro atoms. The Morgan fingerprint density at radius 2 is 2.18 bits per heavy atom. The highest BCUT2D eigenvalue weighted by atomic mass is 19.1. The molecule has 0 saturated carbocycles. The van der Waals surface area contributed by atoms with Crippen molar-refractivity contribution in [3.05, 3.63) is 41.3 Å². The molecule has 2 N–H and O–H groups in total. The molecule has 17 heavy (non-hydrogen) atoms. The number of anilines is 1. The van der Waals surface area contributed by atoms with Crippen LogP contribution in [0.1, 0.15) is 18.2 Å². The number of halogens is 1. The second-order valence-electron chi connectivity index (χ2n) is 3.54. The van der Waals surface area contributed by atoms with Crippen LogP contribution in [0.15, 0.2) is 24.3 Å². The number of nitrogens with zero attached hydrogens (tertiary/aromatic N) is 3. The molecular formula is C12H11FN4. The minimum atomic E-state index is -0.422. The average Bonchev–Trinajstić information content (AvgIpc) is 2.66. The molecule has 0 aliphatic heterocycles. The van der Waals surface area contributed by atoms with Crippen molar-refractivity contribution in [3.63, 3.8) is 0 Å². The molecule has 0 atom stereocenters. The maximum atomic E-state index is 13.6. The van der Waals surface area contributed by atoms with Crippen molar-refractivity contribution in [1.29, 1.82) is 5.26 Å². The molecule has 0 saturated heterocycles. The van der Waals surface area contributed by atoms with Crippen LogP contribution in [0.25, 0.3) is 5.69 Å². The number of hydrogen-bond acceptors (Lipinski definition) is 3. The zero-order chi connectivity index (χ0) is 12.4. The van der Waals surface area contributed by atoms with Crippen molar-refractivity contribution in [2.75, 3.05) is 5.73 Å². The van der Waals surface area contributed by atoms with Gasteiger partial charge in [-0.3, -0.25) is 0 Å². The van der Waals surface area contributed by atoms with Gasteiger partial charge in [-0.1, -0.05) is 19.1 Å². The molecule has 86 valence electrons. The summed E-state index contributed by atoms with van der Waals surface area (Å²) in [5, 5.41) is 13.1. The maximum Gasteiger partial charge on any atom is 0.148 e. The van der Waals surface area contributed by atoms with Crippen LogP contribution >= 0.6 is 0 Å². The average molecular weight is 230 g/mol. The molecule has 5 heteroatoms. The van der Waals surface area contributed by atoms with E-state index in [2.05, 4.69) is 5.10 Å². The largest absolute Gasteiger partial charge is 0.382 e. The van der Waals surface area contributed by atoms with Gasteiger partial charge in [-0.15, -0.1) is 0 Å². The Bertz CT molecular complexity index is 595. The lowest BCUT2D eigenvalue weighted by Gasteiger charge is -2.04. The van der Waals surface area contributed by atoms with Crippen molar-refractivity contribution in [3.8, 4) is 11.8 Å². The van der Waals surface area contributed by atoms with Crippen molar-refractivity contribution in [1.82, 2.24) is 9.78 Å². The number of nitrogen functional groups attached to an aromatic ring is 1. The number of benzene rings is 1. The lowest BCUT2D eigenvalue weighted by molar-refractivity contribution is 0.611. The summed E-state index contributed by atoms with van der Waals surface area (Å²) in [6.07, 6.45) is 0.578. The van der Waals surface area contributed by atoms with Gasteiger partial charge in [0, 0.05) is 0 Å². The summed E-state index contributed by atoms with van der Waals surface area (Å²) in [5.41, 5.74) is 6.95. The minimum Gasteiger partial charge on any atom is -0.382 e. The number of nitriles is 1. The zero-order valence-corrected chi connectivity index (χ0v) is 9.31. The summed E-state index contributed by atoms with van der Waals surface area (Å²) in [4.78, 5) is 0. The Kier molecular flexibility index (Phi) is 2.79. The van der Waals surface area contributed by atoms with Crippen molar-refractivity contribution in [2.24, 2.45) is 0 Å². The van der Waals surface area contributed by atoms with Crippen LogP contribution in [0.5, 0.6) is 0 Å². The molecular weight excluding hydrogens is 219 g/mol.